The van der Waals surface area contributed by atoms with Crippen molar-refractivity contribution in [3.05, 3.63) is 105 Å². The van der Waals surface area contributed by atoms with Crippen molar-refractivity contribution in [3.63, 3.8) is 0 Å². The summed E-state index contributed by atoms with van der Waals surface area (Å²) in [6, 6.07) is 22.1. The van der Waals surface area contributed by atoms with Gasteiger partial charge in [0.05, 0.1) is 6.42 Å². The molecule has 2 amide bonds. The van der Waals surface area contributed by atoms with E-state index in [1.54, 1.807) is 23.1 Å². The maximum Gasteiger partial charge on any atom is 0.243 e. The molecule has 2 unspecified atom stereocenters. The van der Waals surface area contributed by atoms with Crippen LogP contribution < -0.4 is 5.32 Å². The lowest BCUT2D eigenvalue weighted by atomic mass is 10.0. The molecule has 184 valence electrons. The first-order valence-corrected chi connectivity index (χ1v) is 12.7. The van der Waals surface area contributed by atoms with Crippen molar-refractivity contribution in [1.82, 2.24) is 10.2 Å². The molecule has 1 N–H and O–H groups in total. The van der Waals surface area contributed by atoms with Gasteiger partial charge in [-0.3, -0.25) is 9.59 Å². The standard InChI is InChI=1S/C29H32Cl2N2O2/c1-4-21(3)32-29(35)27(17-22-9-6-5-7-10-22)33(19-24-25(30)11-8-12-26(24)31)28(34)18-23-15-13-20(2)14-16-23/h5-16,21,27H,4,17-19H2,1-3H3,(H,32,35). The van der Waals surface area contributed by atoms with Gasteiger partial charge in [-0.1, -0.05) is 96.4 Å². The molecule has 3 rings (SSSR count). The summed E-state index contributed by atoms with van der Waals surface area (Å²) in [4.78, 5) is 28.9. The molecule has 0 fully saturated rings. The van der Waals surface area contributed by atoms with Crippen LogP contribution in [0.15, 0.2) is 72.8 Å². The Kier molecular flexibility index (Phi) is 9.76. The lowest BCUT2D eigenvalue weighted by Gasteiger charge is -2.33. The van der Waals surface area contributed by atoms with Gasteiger partial charge in [-0.25, -0.2) is 0 Å². The fraction of sp³-hybridized carbons (Fsp3) is 0.310. The Morgan fingerprint density at radius 1 is 0.886 bits per heavy atom. The Bertz CT molecular complexity index is 1110. The SMILES string of the molecule is CCC(C)NC(=O)C(Cc1ccccc1)N(Cc1c(Cl)cccc1Cl)C(=O)Cc1ccc(C)cc1. The Balaban J connectivity index is 2.01. The number of hydrogen-bond acceptors (Lipinski definition) is 2. The van der Waals surface area contributed by atoms with E-state index in [2.05, 4.69) is 5.32 Å². The zero-order chi connectivity index (χ0) is 25.4. The predicted molar refractivity (Wildman–Crippen MR) is 144 cm³/mol. The van der Waals surface area contributed by atoms with E-state index < -0.39 is 6.04 Å². The second kappa shape index (κ2) is 12.8. The first-order chi connectivity index (χ1) is 16.8. The molecule has 0 radical (unpaired) electrons. The zero-order valence-corrected chi connectivity index (χ0v) is 21.9. The Labute approximate surface area is 218 Å². The minimum atomic E-state index is -0.725. The average molecular weight is 511 g/mol. The van der Waals surface area contributed by atoms with Crippen molar-refractivity contribution in [3.8, 4) is 0 Å². The van der Waals surface area contributed by atoms with Crippen molar-refractivity contribution in [1.29, 1.82) is 0 Å². The molecule has 0 bridgehead atoms. The van der Waals surface area contributed by atoms with Crippen LogP contribution in [-0.4, -0.2) is 28.8 Å². The number of halogens is 2. The maximum absolute atomic E-state index is 13.8. The van der Waals surface area contributed by atoms with E-state index in [1.807, 2.05) is 75.4 Å². The van der Waals surface area contributed by atoms with E-state index in [9.17, 15) is 9.59 Å². The van der Waals surface area contributed by atoms with Crippen LogP contribution in [0.25, 0.3) is 0 Å². The van der Waals surface area contributed by atoms with E-state index in [4.69, 9.17) is 23.2 Å². The normalized spacial score (nSPS) is 12.6. The number of benzene rings is 3. The lowest BCUT2D eigenvalue weighted by molar-refractivity contribution is -0.141. The van der Waals surface area contributed by atoms with Crippen molar-refractivity contribution >= 4 is 35.0 Å². The number of carbonyl (C=O) groups is 2. The number of amides is 2. The van der Waals surface area contributed by atoms with Crippen LogP contribution in [0.2, 0.25) is 10.0 Å². The van der Waals surface area contributed by atoms with Crippen LogP contribution in [0.3, 0.4) is 0 Å². The molecule has 0 saturated heterocycles. The molecule has 0 aliphatic carbocycles. The molecule has 3 aromatic carbocycles. The second-order valence-corrected chi connectivity index (χ2v) is 9.72. The molecule has 0 spiro atoms. The number of nitrogens with zero attached hydrogens (tertiary/aromatic N) is 1. The molecular weight excluding hydrogens is 479 g/mol. The minimum Gasteiger partial charge on any atom is -0.352 e. The zero-order valence-electron chi connectivity index (χ0n) is 20.4. The molecule has 3 aromatic rings. The number of carbonyl (C=O) groups excluding carboxylic acids is 2. The predicted octanol–water partition coefficient (Wildman–Crippen LogP) is 6.40. The molecule has 35 heavy (non-hydrogen) atoms. The molecule has 2 atom stereocenters. The fourth-order valence-corrected chi connectivity index (χ4v) is 4.35. The van der Waals surface area contributed by atoms with E-state index in [-0.39, 0.29) is 30.8 Å². The van der Waals surface area contributed by atoms with E-state index in [0.717, 1.165) is 23.1 Å². The van der Waals surface area contributed by atoms with Crippen molar-refractivity contribution in [2.75, 3.05) is 0 Å². The molecule has 6 heteroatoms. The molecule has 0 aromatic heterocycles. The van der Waals surface area contributed by atoms with Crippen LogP contribution in [0.1, 0.15) is 42.5 Å². The van der Waals surface area contributed by atoms with Gasteiger partial charge in [0.15, 0.2) is 0 Å². The Morgan fingerprint density at radius 2 is 1.51 bits per heavy atom. The van der Waals surface area contributed by atoms with Crippen molar-refractivity contribution in [2.24, 2.45) is 0 Å². The summed E-state index contributed by atoms with van der Waals surface area (Å²) in [5.41, 5.74) is 3.60. The topological polar surface area (TPSA) is 49.4 Å². The van der Waals surface area contributed by atoms with E-state index in [0.29, 0.717) is 22.0 Å². The summed E-state index contributed by atoms with van der Waals surface area (Å²) in [5.74, 6) is -0.353. The van der Waals surface area contributed by atoms with Crippen LogP contribution in [0.5, 0.6) is 0 Å². The number of hydrogen-bond donors (Lipinski definition) is 1. The highest BCUT2D eigenvalue weighted by atomic mass is 35.5. The Morgan fingerprint density at radius 3 is 2.11 bits per heavy atom. The van der Waals surface area contributed by atoms with E-state index in [1.165, 1.54) is 0 Å². The van der Waals surface area contributed by atoms with Gasteiger partial charge in [-0.05, 0) is 43.5 Å². The highest BCUT2D eigenvalue weighted by Crippen LogP contribution is 2.27. The summed E-state index contributed by atoms with van der Waals surface area (Å²) >= 11 is 13.0. The first-order valence-electron chi connectivity index (χ1n) is 11.9. The Hall–Kier alpha value is -2.82. The summed E-state index contributed by atoms with van der Waals surface area (Å²) < 4.78 is 0. The number of nitrogens with one attached hydrogen (secondary N) is 1. The highest BCUT2D eigenvalue weighted by Gasteiger charge is 2.31. The number of aryl methyl sites for hydroxylation is 1. The molecule has 0 aliphatic heterocycles. The summed E-state index contributed by atoms with van der Waals surface area (Å²) in [7, 11) is 0. The van der Waals surface area contributed by atoms with Crippen LogP contribution in [0.4, 0.5) is 0 Å². The largest absolute Gasteiger partial charge is 0.352 e. The number of rotatable bonds is 10. The van der Waals surface area contributed by atoms with Crippen LogP contribution in [0, 0.1) is 6.92 Å². The molecular formula is C29H32Cl2N2O2. The fourth-order valence-electron chi connectivity index (χ4n) is 3.83. The highest BCUT2D eigenvalue weighted by molar-refractivity contribution is 6.36. The van der Waals surface area contributed by atoms with Gasteiger partial charge in [-0.15, -0.1) is 0 Å². The summed E-state index contributed by atoms with van der Waals surface area (Å²) in [6.07, 6.45) is 1.34. The maximum atomic E-state index is 13.8. The van der Waals surface area contributed by atoms with Crippen LogP contribution in [-0.2, 0) is 29.0 Å². The van der Waals surface area contributed by atoms with Gasteiger partial charge >= 0.3 is 0 Å². The summed E-state index contributed by atoms with van der Waals surface area (Å²) in [5, 5.41) is 4.00. The smallest absolute Gasteiger partial charge is 0.243 e. The van der Waals surface area contributed by atoms with Gasteiger partial charge in [0.25, 0.3) is 0 Å². The molecule has 0 aliphatic rings. The third kappa shape index (κ3) is 7.58. The lowest BCUT2D eigenvalue weighted by Crippen LogP contribution is -2.52. The van der Waals surface area contributed by atoms with Gasteiger partial charge in [0.1, 0.15) is 6.04 Å². The van der Waals surface area contributed by atoms with Gasteiger partial charge < -0.3 is 10.2 Å². The minimum absolute atomic E-state index is 0.0151. The van der Waals surface area contributed by atoms with Gasteiger partial charge in [0.2, 0.25) is 11.8 Å². The second-order valence-electron chi connectivity index (χ2n) is 8.91. The van der Waals surface area contributed by atoms with Gasteiger partial charge in [-0.2, -0.15) is 0 Å². The summed E-state index contributed by atoms with van der Waals surface area (Å²) in [6.45, 7) is 6.11. The first kappa shape index (κ1) is 26.8. The molecule has 0 saturated carbocycles. The quantitative estimate of drug-likeness (QED) is 0.343. The van der Waals surface area contributed by atoms with Crippen molar-refractivity contribution in [2.45, 2.75) is 58.7 Å². The van der Waals surface area contributed by atoms with E-state index >= 15 is 0 Å². The van der Waals surface area contributed by atoms with Crippen LogP contribution >= 0.6 is 23.2 Å². The third-order valence-electron chi connectivity index (χ3n) is 6.14. The van der Waals surface area contributed by atoms with Gasteiger partial charge in [0, 0.05) is 34.6 Å². The average Bonchev–Trinajstić information content (AvgIpc) is 2.84. The van der Waals surface area contributed by atoms with Crippen molar-refractivity contribution < 1.29 is 9.59 Å². The monoisotopic (exact) mass is 510 g/mol. The molecule has 4 nitrogen and oxygen atoms in total. The third-order valence-corrected chi connectivity index (χ3v) is 6.85. The molecule has 0 heterocycles.